The van der Waals surface area contributed by atoms with Crippen LogP contribution in [-0.4, -0.2) is 55.4 Å². The number of amides is 2. The van der Waals surface area contributed by atoms with Crippen LogP contribution in [0.1, 0.15) is 23.3 Å². The Kier molecular flexibility index (Phi) is 3.48. The first-order chi connectivity index (χ1) is 10.3. The van der Waals surface area contributed by atoms with Crippen LogP contribution in [0.5, 0.6) is 0 Å². The average Bonchev–Trinajstić information content (AvgIpc) is 3.03. The molecule has 0 spiro atoms. The lowest BCUT2D eigenvalue weighted by atomic mass is 10.2. The summed E-state index contributed by atoms with van der Waals surface area (Å²) in [4.78, 5) is 26.3. The standard InChI is InChI=1S/C13H18N4O4S/c1-14-22(20,21)9-5-11(16(2)7-9)13(19)17-8-3-4-10(17)12(18)15-6-8/h5,7-8,10,14H,3-4,6H2,1-2H3,(H,15,18). The summed E-state index contributed by atoms with van der Waals surface area (Å²) in [5, 5.41) is 2.79. The Bertz CT molecular complexity index is 739. The molecule has 2 fully saturated rings. The number of carbonyl (C=O) groups excluding carboxylic acids is 2. The van der Waals surface area contributed by atoms with Gasteiger partial charge < -0.3 is 14.8 Å². The third kappa shape index (κ3) is 2.20. The Morgan fingerprint density at radius 2 is 2.14 bits per heavy atom. The summed E-state index contributed by atoms with van der Waals surface area (Å²) in [5.74, 6) is -0.443. The van der Waals surface area contributed by atoms with Crippen molar-refractivity contribution in [3.8, 4) is 0 Å². The van der Waals surface area contributed by atoms with Crippen LogP contribution in [0, 0.1) is 0 Å². The monoisotopic (exact) mass is 326 g/mol. The van der Waals surface area contributed by atoms with Gasteiger partial charge in [0.15, 0.2) is 0 Å². The van der Waals surface area contributed by atoms with Crippen LogP contribution in [0.4, 0.5) is 0 Å². The number of nitrogens with one attached hydrogen (secondary N) is 2. The fraction of sp³-hybridized carbons (Fsp3) is 0.538. The second kappa shape index (κ2) is 5.10. The van der Waals surface area contributed by atoms with Gasteiger partial charge in [0, 0.05) is 19.8 Å². The SMILES string of the molecule is CNS(=O)(=O)c1cc(C(=O)N2C3CCC2C(=O)NC3)n(C)c1. The lowest BCUT2D eigenvalue weighted by Gasteiger charge is -2.34. The molecule has 8 nitrogen and oxygen atoms in total. The van der Waals surface area contributed by atoms with Gasteiger partial charge in [-0.3, -0.25) is 9.59 Å². The molecule has 2 atom stereocenters. The van der Waals surface area contributed by atoms with Gasteiger partial charge in [0.25, 0.3) is 5.91 Å². The van der Waals surface area contributed by atoms with Crippen LogP contribution in [0.25, 0.3) is 0 Å². The minimum atomic E-state index is -3.61. The van der Waals surface area contributed by atoms with E-state index in [9.17, 15) is 18.0 Å². The molecule has 120 valence electrons. The highest BCUT2D eigenvalue weighted by Gasteiger charge is 2.45. The number of piperazine rings is 1. The third-order valence-corrected chi connectivity index (χ3v) is 5.71. The van der Waals surface area contributed by atoms with E-state index in [1.165, 1.54) is 23.9 Å². The Labute approximate surface area is 128 Å². The maximum Gasteiger partial charge on any atom is 0.271 e. The van der Waals surface area contributed by atoms with E-state index in [0.717, 1.165) is 6.42 Å². The zero-order chi connectivity index (χ0) is 16.1. The van der Waals surface area contributed by atoms with Crippen LogP contribution in [-0.2, 0) is 21.9 Å². The summed E-state index contributed by atoms with van der Waals surface area (Å²) in [6.45, 7) is 0.452. The van der Waals surface area contributed by atoms with Crippen molar-refractivity contribution in [2.24, 2.45) is 7.05 Å². The summed E-state index contributed by atoms with van der Waals surface area (Å²) in [5.41, 5.74) is 0.264. The van der Waals surface area contributed by atoms with Gasteiger partial charge in [0.2, 0.25) is 15.9 Å². The van der Waals surface area contributed by atoms with Crippen LogP contribution in [0.3, 0.4) is 0 Å². The molecule has 0 aromatic carbocycles. The molecule has 2 amide bonds. The molecule has 1 aromatic rings. The van der Waals surface area contributed by atoms with Crippen molar-refractivity contribution in [3.63, 3.8) is 0 Å². The molecule has 0 aliphatic carbocycles. The van der Waals surface area contributed by atoms with Crippen molar-refractivity contribution in [3.05, 3.63) is 18.0 Å². The first kappa shape index (κ1) is 15.0. The highest BCUT2D eigenvalue weighted by atomic mass is 32.2. The van der Waals surface area contributed by atoms with E-state index in [0.29, 0.717) is 13.0 Å². The van der Waals surface area contributed by atoms with Crippen molar-refractivity contribution in [1.29, 1.82) is 0 Å². The Balaban J connectivity index is 1.95. The molecule has 2 N–H and O–H groups in total. The summed E-state index contributed by atoms with van der Waals surface area (Å²) in [6.07, 6.45) is 2.82. The van der Waals surface area contributed by atoms with Crippen molar-refractivity contribution >= 4 is 21.8 Å². The lowest BCUT2D eigenvalue weighted by molar-refractivity contribution is -0.127. The minimum Gasteiger partial charge on any atom is -0.352 e. The fourth-order valence-electron chi connectivity index (χ4n) is 3.13. The van der Waals surface area contributed by atoms with E-state index < -0.39 is 16.1 Å². The number of rotatable bonds is 3. The number of aromatic nitrogens is 1. The Hall–Kier alpha value is -1.87. The molecule has 2 aliphatic rings. The van der Waals surface area contributed by atoms with Crippen LogP contribution in [0.2, 0.25) is 0 Å². The largest absolute Gasteiger partial charge is 0.352 e. The second-order valence-electron chi connectivity index (χ2n) is 5.58. The van der Waals surface area contributed by atoms with Crippen LogP contribution >= 0.6 is 0 Å². The second-order valence-corrected chi connectivity index (χ2v) is 7.47. The van der Waals surface area contributed by atoms with Crippen molar-refractivity contribution in [1.82, 2.24) is 19.5 Å². The van der Waals surface area contributed by atoms with Gasteiger partial charge in [-0.15, -0.1) is 0 Å². The molecule has 22 heavy (non-hydrogen) atoms. The van der Waals surface area contributed by atoms with Crippen molar-refractivity contribution in [2.75, 3.05) is 13.6 Å². The number of carbonyl (C=O) groups is 2. The van der Waals surface area contributed by atoms with E-state index in [-0.39, 0.29) is 28.4 Å². The summed E-state index contributed by atoms with van der Waals surface area (Å²) in [6, 6.07) is 0.875. The van der Waals surface area contributed by atoms with Crippen LogP contribution < -0.4 is 10.0 Å². The van der Waals surface area contributed by atoms with E-state index in [1.54, 1.807) is 11.9 Å². The molecule has 2 unspecified atom stereocenters. The molecule has 2 aliphatic heterocycles. The first-order valence-electron chi connectivity index (χ1n) is 7.05. The molecule has 1 aromatic heterocycles. The van der Waals surface area contributed by atoms with Gasteiger partial charge in [-0.05, 0) is 26.0 Å². The third-order valence-electron chi connectivity index (χ3n) is 4.33. The highest BCUT2D eigenvalue weighted by Crippen LogP contribution is 2.29. The maximum atomic E-state index is 12.8. The zero-order valence-corrected chi connectivity index (χ0v) is 13.2. The predicted octanol–water partition coefficient (Wildman–Crippen LogP) is -0.964. The smallest absolute Gasteiger partial charge is 0.271 e. The normalized spacial score (nSPS) is 24.5. The summed E-state index contributed by atoms with van der Waals surface area (Å²) in [7, 11) is -0.670. The Morgan fingerprint density at radius 3 is 2.82 bits per heavy atom. The molecule has 2 bridgehead atoms. The molecule has 0 saturated carbocycles. The summed E-state index contributed by atoms with van der Waals surface area (Å²) < 4.78 is 27.4. The molecular formula is C13H18N4O4S. The Morgan fingerprint density at radius 1 is 1.41 bits per heavy atom. The highest BCUT2D eigenvalue weighted by molar-refractivity contribution is 7.89. The molecule has 3 heterocycles. The van der Waals surface area contributed by atoms with Crippen molar-refractivity contribution < 1.29 is 18.0 Å². The first-order valence-corrected chi connectivity index (χ1v) is 8.54. The molecule has 9 heteroatoms. The number of hydrogen-bond acceptors (Lipinski definition) is 4. The molecule has 0 radical (unpaired) electrons. The predicted molar refractivity (Wildman–Crippen MR) is 77.6 cm³/mol. The van der Waals surface area contributed by atoms with Crippen molar-refractivity contribution in [2.45, 2.75) is 29.8 Å². The maximum absolute atomic E-state index is 12.8. The molecule has 3 rings (SSSR count). The molecule has 2 saturated heterocycles. The van der Waals surface area contributed by atoms with Crippen LogP contribution in [0.15, 0.2) is 17.2 Å². The quantitative estimate of drug-likeness (QED) is 0.747. The van der Waals surface area contributed by atoms with Gasteiger partial charge in [-0.2, -0.15) is 0 Å². The number of fused-ring (bicyclic) bond motifs is 2. The molecular weight excluding hydrogens is 308 g/mol. The van der Waals surface area contributed by atoms with Gasteiger partial charge in [-0.25, -0.2) is 13.1 Å². The fourth-order valence-corrected chi connectivity index (χ4v) is 3.93. The van der Waals surface area contributed by atoms with E-state index in [1.807, 2.05) is 0 Å². The number of nitrogens with zero attached hydrogens (tertiary/aromatic N) is 2. The van der Waals surface area contributed by atoms with E-state index in [2.05, 4.69) is 10.0 Å². The average molecular weight is 326 g/mol. The van der Waals surface area contributed by atoms with Gasteiger partial charge in [-0.1, -0.05) is 0 Å². The topological polar surface area (TPSA) is 101 Å². The van der Waals surface area contributed by atoms with E-state index >= 15 is 0 Å². The summed E-state index contributed by atoms with van der Waals surface area (Å²) >= 11 is 0. The minimum absolute atomic E-state index is 0.0190. The van der Waals surface area contributed by atoms with Gasteiger partial charge in [0.1, 0.15) is 16.6 Å². The number of hydrogen-bond donors (Lipinski definition) is 2. The lowest BCUT2D eigenvalue weighted by Crippen LogP contribution is -2.57. The zero-order valence-electron chi connectivity index (χ0n) is 12.4. The number of sulfonamides is 1. The number of aryl methyl sites for hydroxylation is 1. The van der Waals surface area contributed by atoms with Gasteiger partial charge >= 0.3 is 0 Å². The van der Waals surface area contributed by atoms with E-state index in [4.69, 9.17) is 0 Å². The van der Waals surface area contributed by atoms with Gasteiger partial charge in [0.05, 0.1) is 6.04 Å².